The summed E-state index contributed by atoms with van der Waals surface area (Å²) in [5, 5.41) is 0. The van der Waals surface area contributed by atoms with Crippen LogP contribution in [0.2, 0.25) is 0 Å². The van der Waals surface area contributed by atoms with Gasteiger partial charge in [0.2, 0.25) is 0 Å². The third kappa shape index (κ3) is 2.10. The Labute approximate surface area is 110 Å². The zero-order valence-electron chi connectivity index (χ0n) is 10.1. The van der Waals surface area contributed by atoms with Gasteiger partial charge in [0.15, 0.2) is 0 Å². The molecule has 2 aromatic rings. The largest absolute Gasteiger partial charge is 0.495 e. The lowest BCUT2D eigenvalue weighted by atomic mass is 10.3. The summed E-state index contributed by atoms with van der Waals surface area (Å²) in [6.07, 6.45) is 0. The molecule has 98 valence electrons. The summed E-state index contributed by atoms with van der Waals surface area (Å²) in [5.41, 5.74) is 0.349. The van der Waals surface area contributed by atoms with Gasteiger partial charge >= 0.3 is 0 Å². The molecule has 1 aliphatic rings. The molecule has 3 rings (SSSR count). The molecule has 0 fully saturated rings. The number of ether oxygens (including phenoxy) is 2. The number of methoxy groups -OCH3 is 1. The van der Waals surface area contributed by atoms with E-state index in [0.717, 1.165) is 0 Å². The Kier molecular flexibility index (Phi) is 2.60. The van der Waals surface area contributed by atoms with Gasteiger partial charge < -0.3 is 9.47 Å². The lowest BCUT2D eigenvalue weighted by Crippen LogP contribution is -2.13. The molecule has 0 spiro atoms. The van der Waals surface area contributed by atoms with E-state index in [1.165, 1.54) is 19.2 Å². The molecule has 0 radical (unpaired) electrons. The molecule has 0 aliphatic carbocycles. The summed E-state index contributed by atoms with van der Waals surface area (Å²) in [7, 11) is -2.17. The van der Waals surface area contributed by atoms with Crippen LogP contribution in [0.1, 0.15) is 0 Å². The van der Waals surface area contributed by atoms with Crippen LogP contribution in [-0.4, -0.2) is 15.5 Å². The second-order valence-corrected chi connectivity index (χ2v) is 5.73. The molecule has 0 saturated carbocycles. The van der Waals surface area contributed by atoms with E-state index in [1.54, 1.807) is 30.3 Å². The highest BCUT2D eigenvalue weighted by Crippen LogP contribution is 2.35. The molecule has 0 unspecified atom stereocenters. The van der Waals surface area contributed by atoms with Crippen molar-refractivity contribution < 1.29 is 17.9 Å². The van der Waals surface area contributed by atoms with Crippen molar-refractivity contribution in [1.29, 1.82) is 0 Å². The number of benzene rings is 2. The van der Waals surface area contributed by atoms with Crippen LogP contribution in [0.3, 0.4) is 0 Å². The molecule has 1 heterocycles. The second kappa shape index (κ2) is 4.17. The summed E-state index contributed by atoms with van der Waals surface area (Å²) in [4.78, 5) is 0.148. The summed E-state index contributed by atoms with van der Waals surface area (Å²) in [5.74, 6) is 1.45. The Hall–Kier alpha value is -2.21. The van der Waals surface area contributed by atoms with E-state index in [4.69, 9.17) is 9.47 Å². The van der Waals surface area contributed by atoms with Crippen molar-refractivity contribution in [2.45, 2.75) is 4.90 Å². The average molecular weight is 277 g/mol. The SMILES string of the molecule is COc1ccc2cc1NS(=O)(=O)c1cccc(c1)O2. The first-order chi connectivity index (χ1) is 9.08. The zero-order valence-corrected chi connectivity index (χ0v) is 10.9. The Bertz CT molecular complexity index is 740. The molecule has 6 heteroatoms. The van der Waals surface area contributed by atoms with Gasteiger partial charge in [-0.25, -0.2) is 8.42 Å². The van der Waals surface area contributed by atoms with Crippen LogP contribution in [0.25, 0.3) is 0 Å². The molecule has 0 amide bonds. The van der Waals surface area contributed by atoms with E-state index in [9.17, 15) is 8.42 Å². The lowest BCUT2D eigenvalue weighted by molar-refractivity contribution is 0.415. The van der Waals surface area contributed by atoms with Crippen LogP contribution < -0.4 is 14.2 Å². The molecule has 4 bridgehead atoms. The minimum Gasteiger partial charge on any atom is -0.495 e. The van der Waals surface area contributed by atoms with Crippen LogP contribution in [-0.2, 0) is 10.0 Å². The molecule has 19 heavy (non-hydrogen) atoms. The lowest BCUT2D eigenvalue weighted by Gasteiger charge is -2.11. The van der Waals surface area contributed by atoms with Crippen LogP contribution in [0.4, 0.5) is 5.69 Å². The zero-order chi connectivity index (χ0) is 13.5. The predicted octanol–water partition coefficient (Wildman–Crippen LogP) is 2.60. The molecule has 0 saturated heterocycles. The van der Waals surface area contributed by atoms with Crippen molar-refractivity contribution in [2.24, 2.45) is 0 Å². The standard InChI is InChI=1S/C13H11NO4S/c1-17-13-6-5-10-8-12(13)14-19(15,16)11-4-2-3-9(7-11)18-10/h2-8,14H,1H3. The molecule has 0 aromatic heterocycles. The maximum atomic E-state index is 12.2. The minimum absolute atomic E-state index is 0.148. The molecular formula is C13H11NO4S. The topological polar surface area (TPSA) is 64.6 Å². The van der Waals surface area contributed by atoms with Gasteiger partial charge in [0, 0.05) is 12.1 Å². The highest BCUT2D eigenvalue weighted by Gasteiger charge is 2.20. The van der Waals surface area contributed by atoms with Crippen molar-refractivity contribution in [1.82, 2.24) is 0 Å². The number of fused-ring (bicyclic) bond motifs is 4. The summed E-state index contributed by atoms with van der Waals surface area (Å²) in [6.45, 7) is 0. The number of nitrogens with one attached hydrogen (secondary N) is 1. The smallest absolute Gasteiger partial charge is 0.262 e. The Morgan fingerprint density at radius 2 is 1.89 bits per heavy atom. The fraction of sp³-hybridized carbons (Fsp3) is 0.0769. The maximum absolute atomic E-state index is 12.2. The Morgan fingerprint density at radius 3 is 2.68 bits per heavy atom. The fourth-order valence-electron chi connectivity index (χ4n) is 1.87. The van der Waals surface area contributed by atoms with Gasteiger partial charge in [-0.05, 0) is 24.3 Å². The van der Waals surface area contributed by atoms with Crippen molar-refractivity contribution in [3.63, 3.8) is 0 Å². The third-order valence-electron chi connectivity index (χ3n) is 2.77. The van der Waals surface area contributed by atoms with E-state index in [2.05, 4.69) is 4.72 Å². The average Bonchev–Trinajstić information content (AvgIpc) is 2.40. The number of hydrogen-bond donors (Lipinski definition) is 1. The van der Waals surface area contributed by atoms with E-state index in [-0.39, 0.29) is 4.90 Å². The van der Waals surface area contributed by atoms with Gasteiger partial charge in [0.05, 0.1) is 17.7 Å². The van der Waals surface area contributed by atoms with E-state index >= 15 is 0 Å². The third-order valence-corrected chi connectivity index (χ3v) is 4.13. The molecule has 1 N–H and O–H groups in total. The van der Waals surface area contributed by atoms with Crippen LogP contribution in [0.15, 0.2) is 47.4 Å². The van der Waals surface area contributed by atoms with E-state index < -0.39 is 10.0 Å². The Morgan fingerprint density at radius 1 is 1.11 bits per heavy atom. The summed E-state index contributed by atoms with van der Waals surface area (Å²) < 4.78 is 37.7. The predicted molar refractivity (Wildman–Crippen MR) is 70.3 cm³/mol. The quantitative estimate of drug-likeness (QED) is 0.870. The van der Waals surface area contributed by atoms with E-state index in [0.29, 0.717) is 22.9 Å². The normalized spacial score (nSPS) is 15.2. The number of hydrogen-bond acceptors (Lipinski definition) is 4. The second-order valence-electron chi connectivity index (χ2n) is 4.04. The van der Waals surface area contributed by atoms with Crippen molar-refractivity contribution in [3.05, 3.63) is 42.5 Å². The van der Waals surface area contributed by atoms with Gasteiger partial charge in [-0.2, -0.15) is 0 Å². The van der Waals surface area contributed by atoms with Crippen LogP contribution >= 0.6 is 0 Å². The maximum Gasteiger partial charge on any atom is 0.262 e. The van der Waals surface area contributed by atoms with Gasteiger partial charge in [-0.3, -0.25) is 4.72 Å². The first-order valence-electron chi connectivity index (χ1n) is 5.57. The van der Waals surface area contributed by atoms with Crippen LogP contribution in [0, 0.1) is 0 Å². The van der Waals surface area contributed by atoms with E-state index in [1.807, 2.05) is 0 Å². The molecule has 5 nitrogen and oxygen atoms in total. The van der Waals surface area contributed by atoms with Gasteiger partial charge in [-0.15, -0.1) is 0 Å². The van der Waals surface area contributed by atoms with Crippen molar-refractivity contribution >= 4 is 15.7 Å². The molecule has 1 aliphatic heterocycles. The van der Waals surface area contributed by atoms with Gasteiger partial charge in [0.25, 0.3) is 10.0 Å². The molecule has 2 aromatic carbocycles. The number of rotatable bonds is 1. The summed E-state index contributed by atoms with van der Waals surface area (Å²) in [6, 6.07) is 11.3. The van der Waals surface area contributed by atoms with Crippen molar-refractivity contribution in [3.8, 4) is 17.2 Å². The highest BCUT2D eigenvalue weighted by molar-refractivity contribution is 7.92. The molecular weight excluding hydrogens is 266 g/mol. The van der Waals surface area contributed by atoms with Crippen LogP contribution in [0.5, 0.6) is 17.2 Å². The molecule has 0 atom stereocenters. The summed E-state index contributed by atoms with van der Waals surface area (Å²) >= 11 is 0. The minimum atomic E-state index is -3.65. The fourth-order valence-corrected chi connectivity index (χ4v) is 2.97. The van der Waals surface area contributed by atoms with Gasteiger partial charge in [-0.1, -0.05) is 6.07 Å². The number of anilines is 1. The number of sulfonamides is 1. The monoisotopic (exact) mass is 277 g/mol. The first kappa shape index (κ1) is 11.9. The van der Waals surface area contributed by atoms with Crippen molar-refractivity contribution in [2.75, 3.05) is 11.8 Å². The highest BCUT2D eigenvalue weighted by atomic mass is 32.2. The first-order valence-corrected chi connectivity index (χ1v) is 7.05. The Balaban J connectivity index is 2.24. The van der Waals surface area contributed by atoms with Gasteiger partial charge in [0.1, 0.15) is 17.2 Å².